The zero-order chi connectivity index (χ0) is 16.7. The number of benzene rings is 1. The van der Waals surface area contributed by atoms with Gasteiger partial charge in [0.2, 0.25) is 5.95 Å². The molecule has 0 aliphatic carbocycles. The maximum absolute atomic E-state index is 12.1. The van der Waals surface area contributed by atoms with Crippen molar-refractivity contribution in [1.82, 2.24) is 15.3 Å². The third-order valence-corrected chi connectivity index (χ3v) is 3.00. The predicted octanol–water partition coefficient (Wildman–Crippen LogP) is 1.91. The van der Waals surface area contributed by atoms with Gasteiger partial charge in [-0.3, -0.25) is 4.79 Å². The smallest absolute Gasteiger partial charge is 0.270 e. The summed E-state index contributed by atoms with van der Waals surface area (Å²) in [5.41, 5.74) is 1.78. The molecule has 0 unspecified atom stereocenters. The average molecular weight is 316 g/mol. The molecule has 1 heterocycles. The standard InChI is InChI=1S/C16H20N4O3/c1-11-9-14(15(21)17-7-8-22-2)20-16(18-11)19-12-5-4-6-13(10-12)23-3/h4-6,9-10H,7-8H2,1-3H3,(H,17,21)(H,18,19,20). The fraction of sp³-hybridized carbons (Fsp3) is 0.312. The van der Waals surface area contributed by atoms with Gasteiger partial charge in [-0.2, -0.15) is 0 Å². The van der Waals surface area contributed by atoms with Crippen molar-refractivity contribution in [2.45, 2.75) is 6.92 Å². The molecule has 0 fully saturated rings. The summed E-state index contributed by atoms with van der Waals surface area (Å²) < 4.78 is 10.1. The third-order valence-electron chi connectivity index (χ3n) is 3.00. The van der Waals surface area contributed by atoms with Gasteiger partial charge in [-0.15, -0.1) is 0 Å². The molecule has 0 spiro atoms. The molecule has 1 amide bonds. The minimum Gasteiger partial charge on any atom is -0.497 e. The predicted molar refractivity (Wildman–Crippen MR) is 87.3 cm³/mol. The Morgan fingerprint density at radius 2 is 2.04 bits per heavy atom. The number of rotatable bonds is 7. The van der Waals surface area contributed by atoms with Crippen molar-refractivity contribution in [2.75, 3.05) is 32.7 Å². The highest BCUT2D eigenvalue weighted by molar-refractivity contribution is 5.92. The fourth-order valence-corrected chi connectivity index (χ4v) is 1.93. The number of hydrogen-bond acceptors (Lipinski definition) is 6. The van der Waals surface area contributed by atoms with E-state index in [2.05, 4.69) is 20.6 Å². The summed E-state index contributed by atoms with van der Waals surface area (Å²) in [5, 5.41) is 5.81. The average Bonchev–Trinajstić information content (AvgIpc) is 2.54. The second-order valence-corrected chi connectivity index (χ2v) is 4.82. The number of nitrogens with zero attached hydrogens (tertiary/aromatic N) is 2. The first kappa shape index (κ1) is 16.7. The highest BCUT2D eigenvalue weighted by atomic mass is 16.5. The Balaban J connectivity index is 2.14. The fourth-order valence-electron chi connectivity index (χ4n) is 1.93. The van der Waals surface area contributed by atoms with Crippen molar-refractivity contribution < 1.29 is 14.3 Å². The monoisotopic (exact) mass is 316 g/mol. The molecule has 2 rings (SSSR count). The van der Waals surface area contributed by atoms with Crippen LogP contribution in [0.4, 0.5) is 11.6 Å². The molecule has 0 aliphatic heterocycles. The first-order chi connectivity index (χ1) is 11.1. The summed E-state index contributed by atoms with van der Waals surface area (Å²) in [6, 6.07) is 9.03. The van der Waals surface area contributed by atoms with Crippen LogP contribution in [0.3, 0.4) is 0 Å². The van der Waals surface area contributed by atoms with E-state index in [9.17, 15) is 4.79 Å². The number of nitrogens with one attached hydrogen (secondary N) is 2. The normalized spacial score (nSPS) is 10.2. The molecular weight excluding hydrogens is 296 g/mol. The number of ether oxygens (including phenoxy) is 2. The molecule has 0 saturated carbocycles. The van der Waals surface area contributed by atoms with Gasteiger partial charge in [-0.25, -0.2) is 9.97 Å². The third kappa shape index (κ3) is 4.93. The second kappa shape index (κ2) is 8.09. The molecule has 7 nitrogen and oxygen atoms in total. The lowest BCUT2D eigenvalue weighted by Crippen LogP contribution is -2.28. The molecule has 0 atom stereocenters. The van der Waals surface area contributed by atoms with E-state index in [0.29, 0.717) is 30.5 Å². The molecular formula is C16H20N4O3. The summed E-state index contributed by atoms with van der Waals surface area (Å²) in [6.45, 7) is 2.69. The van der Waals surface area contributed by atoms with E-state index >= 15 is 0 Å². The Bertz CT molecular complexity index is 676. The first-order valence-electron chi connectivity index (χ1n) is 7.16. The molecule has 1 aromatic carbocycles. The van der Waals surface area contributed by atoms with E-state index in [4.69, 9.17) is 9.47 Å². The highest BCUT2D eigenvalue weighted by Crippen LogP contribution is 2.19. The number of carbonyl (C=O) groups excluding carboxylic acids is 1. The van der Waals surface area contributed by atoms with Gasteiger partial charge in [0.1, 0.15) is 11.4 Å². The van der Waals surface area contributed by atoms with Crippen LogP contribution in [0, 0.1) is 6.92 Å². The van der Waals surface area contributed by atoms with E-state index < -0.39 is 0 Å². The Labute approximate surface area is 135 Å². The molecule has 7 heteroatoms. The van der Waals surface area contributed by atoms with Crippen molar-refractivity contribution >= 4 is 17.5 Å². The summed E-state index contributed by atoms with van der Waals surface area (Å²) in [5.74, 6) is 0.816. The molecule has 2 N–H and O–H groups in total. The van der Waals surface area contributed by atoms with Gasteiger partial charge in [-0.1, -0.05) is 6.07 Å². The quantitative estimate of drug-likeness (QED) is 0.759. The van der Waals surface area contributed by atoms with Gasteiger partial charge in [0.25, 0.3) is 5.91 Å². The van der Waals surface area contributed by atoms with Crippen LogP contribution < -0.4 is 15.4 Å². The van der Waals surface area contributed by atoms with E-state index in [-0.39, 0.29) is 5.91 Å². The number of aromatic nitrogens is 2. The van der Waals surface area contributed by atoms with Gasteiger partial charge >= 0.3 is 0 Å². The van der Waals surface area contributed by atoms with E-state index in [0.717, 1.165) is 11.4 Å². The Morgan fingerprint density at radius 1 is 1.22 bits per heavy atom. The Morgan fingerprint density at radius 3 is 2.78 bits per heavy atom. The SMILES string of the molecule is COCCNC(=O)c1cc(C)nc(Nc2cccc(OC)c2)n1. The van der Waals surface area contributed by atoms with Crippen LogP contribution in [0.2, 0.25) is 0 Å². The molecule has 2 aromatic rings. The summed E-state index contributed by atoms with van der Waals surface area (Å²) >= 11 is 0. The van der Waals surface area contributed by atoms with Crippen molar-refractivity contribution in [1.29, 1.82) is 0 Å². The maximum atomic E-state index is 12.1. The molecule has 0 saturated heterocycles. The highest BCUT2D eigenvalue weighted by Gasteiger charge is 2.10. The summed E-state index contributed by atoms with van der Waals surface area (Å²) in [4.78, 5) is 20.6. The number of aryl methyl sites for hydroxylation is 1. The number of hydrogen-bond donors (Lipinski definition) is 2. The Kier molecular flexibility index (Phi) is 5.87. The number of anilines is 2. The zero-order valence-electron chi connectivity index (χ0n) is 13.4. The lowest BCUT2D eigenvalue weighted by Gasteiger charge is -2.09. The maximum Gasteiger partial charge on any atom is 0.270 e. The minimum atomic E-state index is -0.263. The summed E-state index contributed by atoms with van der Waals surface area (Å²) in [6.07, 6.45) is 0. The largest absolute Gasteiger partial charge is 0.497 e. The molecule has 1 aromatic heterocycles. The van der Waals surface area contributed by atoms with Gasteiger partial charge in [0.05, 0.1) is 13.7 Å². The van der Waals surface area contributed by atoms with Gasteiger partial charge in [0, 0.05) is 31.1 Å². The van der Waals surface area contributed by atoms with Crippen LogP contribution in [0.5, 0.6) is 5.75 Å². The van der Waals surface area contributed by atoms with Gasteiger partial charge in [-0.05, 0) is 25.1 Å². The van der Waals surface area contributed by atoms with Crippen LogP contribution in [-0.2, 0) is 4.74 Å². The zero-order valence-corrected chi connectivity index (χ0v) is 13.4. The topological polar surface area (TPSA) is 85.4 Å². The lowest BCUT2D eigenvalue weighted by molar-refractivity contribution is 0.0932. The number of carbonyl (C=O) groups is 1. The molecule has 23 heavy (non-hydrogen) atoms. The lowest BCUT2D eigenvalue weighted by atomic mass is 10.3. The first-order valence-corrected chi connectivity index (χ1v) is 7.16. The van der Waals surface area contributed by atoms with Crippen molar-refractivity contribution in [2.24, 2.45) is 0 Å². The van der Waals surface area contributed by atoms with E-state index in [1.807, 2.05) is 31.2 Å². The Hall–Kier alpha value is -2.67. The van der Waals surface area contributed by atoms with Crippen molar-refractivity contribution in [3.8, 4) is 5.75 Å². The molecule has 122 valence electrons. The molecule has 0 bridgehead atoms. The summed E-state index contributed by atoms with van der Waals surface area (Å²) in [7, 11) is 3.18. The van der Waals surface area contributed by atoms with Crippen molar-refractivity contribution in [3.05, 3.63) is 41.7 Å². The van der Waals surface area contributed by atoms with Crippen LogP contribution >= 0.6 is 0 Å². The number of amides is 1. The second-order valence-electron chi connectivity index (χ2n) is 4.82. The van der Waals surface area contributed by atoms with Gasteiger partial charge < -0.3 is 20.1 Å². The van der Waals surface area contributed by atoms with E-state index in [1.165, 1.54) is 0 Å². The van der Waals surface area contributed by atoms with Crippen molar-refractivity contribution in [3.63, 3.8) is 0 Å². The van der Waals surface area contributed by atoms with E-state index in [1.54, 1.807) is 20.3 Å². The minimum absolute atomic E-state index is 0.263. The van der Waals surface area contributed by atoms with Crippen LogP contribution in [-0.4, -0.2) is 43.2 Å². The van der Waals surface area contributed by atoms with Crippen LogP contribution in [0.1, 0.15) is 16.2 Å². The van der Waals surface area contributed by atoms with Gasteiger partial charge in [0.15, 0.2) is 0 Å². The molecule has 0 radical (unpaired) electrons. The van der Waals surface area contributed by atoms with Crippen LogP contribution in [0.15, 0.2) is 30.3 Å². The number of methoxy groups -OCH3 is 2. The van der Waals surface area contributed by atoms with Crippen LogP contribution in [0.25, 0.3) is 0 Å². The molecule has 0 aliphatic rings.